The standard InChI is InChI=1S/C49H30N2S/c1-2-34-36-18-8-10-20-38(36)46(33-26-24-31(25-27-33)30-14-4-3-5-15-30)50-49(34)51-41-23-13-12-22-40(41)43-37-19-9-11-21-39(37)48-45(47(43)51)44-35-17-7-6-16-32(35)28-29-42(44)52-48/h2-29H,1H2. The molecule has 11 rings (SSSR count). The van der Waals surface area contributed by atoms with Crippen LogP contribution in [0.1, 0.15) is 5.56 Å². The van der Waals surface area contributed by atoms with E-state index in [4.69, 9.17) is 4.98 Å². The summed E-state index contributed by atoms with van der Waals surface area (Å²) in [5.41, 5.74) is 7.76. The van der Waals surface area contributed by atoms with Crippen LogP contribution in [0.2, 0.25) is 0 Å². The molecule has 0 saturated heterocycles. The summed E-state index contributed by atoms with van der Waals surface area (Å²) in [5.74, 6) is 0.887. The lowest BCUT2D eigenvalue weighted by atomic mass is 9.97. The zero-order chi connectivity index (χ0) is 34.3. The molecule has 0 atom stereocenters. The zero-order valence-corrected chi connectivity index (χ0v) is 29.0. The first-order valence-corrected chi connectivity index (χ1v) is 18.5. The number of thiophene rings is 1. The SMILES string of the molecule is C=Cc1c(-n2c3ccccc3c3c4ccccc4c4sc5ccc6ccccc6c5c4c32)nc(-c2ccc(-c3ccccc3)cc2)c2ccccc12. The monoisotopic (exact) mass is 678 g/mol. The number of hydrogen-bond acceptors (Lipinski definition) is 2. The van der Waals surface area contributed by atoms with Gasteiger partial charge in [0.15, 0.2) is 0 Å². The van der Waals surface area contributed by atoms with Crippen molar-refractivity contribution in [1.29, 1.82) is 0 Å². The van der Waals surface area contributed by atoms with Gasteiger partial charge in [0.2, 0.25) is 0 Å². The Morgan fingerprint density at radius 3 is 1.88 bits per heavy atom. The van der Waals surface area contributed by atoms with Crippen molar-refractivity contribution in [3.8, 4) is 28.2 Å². The van der Waals surface area contributed by atoms with Crippen LogP contribution in [0.3, 0.4) is 0 Å². The average Bonchev–Trinajstić information content (AvgIpc) is 3.78. The van der Waals surface area contributed by atoms with Crippen molar-refractivity contribution < 1.29 is 0 Å². The second-order valence-electron chi connectivity index (χ2n) is 13.5. The van der Waals surface area contributed by atoms with Gasteiger partial charge in [-0.3, -0.25) is 4.57 Å². The molecule has 3 aromatic heterocycles. The summed E-state index contributed by atoms with van der Waals surface area (Å²) >= 11 is 1.89. The van der Waals surface area contributed by atoms with Crippen LogP contribution >= 0.6 is 11.3 Å². The highest BCUT2D eigenvalue weighted by Crippen LogP contribution is 2.50. The summed E-state index contributed by atoms with van der Waals surface area (Å²) in [6, 6.07) is 59.1. The van der Waals surface area contributed by atoms with Gasteiger partial charge in [0.25, 0.3) is 0 Å². The Morgan fingerprint density at radius 2 is 1.10 bits per heavy atom. The minimum Gasteiger partial charge on any atom is -0.293 e. The molecule has 8 aromatic carbocycles. The van der Waals surface area contributed by atoms with Gasteiger partial charge in [0, 0.05) is 52.8 Å². The molecule has 3 heteroatoms. The maximum Gasteiger partial charge on any atom is 0.146 e. The molecule has 3 heterocycles. The molecule has 0 aliphatic heterocycles. The summed E-state index contributed by atoms with van der Waals surface area (Å²) in [5, 5.41) is 12.4. The van der Waals surface area contributed by atoms with E-state index in [9.17, 15) is 0 Å². The molecule has 0 unspecified atom stereocenters. The molecule has 0 N–H and O–H groups in total. The second kappa shape index (κ2) is 11.2. The van der Waals surface area contributed by atoms with Crippen LogP contribution in [0.25, 0.3) is 109 Å². The zero-order valence-electron chi connectivity index (χ0n) is 28.2. The molecule has 242 valence electrons. The third kappa shape index (κ3) is 4.08. The third-order valence-electron chi connectivity index (χ3n) is 10.7. The quantitative estimate of drug-likeness (QED) is 0.181. The van der Waals surface area contributed by atoms with E-state index in [0.717, 1.165) is 38.9 Å². The molecule has 0 saturated carbocycles. The van der Waals surface area contributed by atoms with Crippen molar-refractivity contribution in [3.05, 3.63) is 176 Å². The molecule has 0 aliphatic rings. The molecular weight excluding hydrogens is 649 g/mol. The Labute approximate surface area is 304 Å². The van der Waals surface area contributed by atoms with E-state index in [1.807, 2.05) is 17.4 Å². The van der Waals surface area contributed by atoms with Gasteiger partial charge in [-0.05, 0) is 44.8 Å². The van der Waals surface area contributed by atoms with Gasteiger partial charge in [-0.2, -0.15) is 0 Å². The maximum atomic E-state index is 5.70. The maximum absolute atomic E-state index is 5.70. The van der Waals surface area contributed by atoms with Crippen molar-refractivity contribution in [2.75, 3.05) is 0 Å². The average molecular weight is 679 g/mol. The van der Waals surface area contributed by atoms with Crippen molar-refractivity contribution in [1.82, 2.24) is 9.55 Å². The number of benzene rings is 8. The lowest BCUT2D eigenvalue weighted by Gasteiger charge is -2.17. The van der Waals surface area contributed by atoms with Crippen molar-refractivity contribution in [3.63, 3.8) is 0 Å². The van der Waals surface area contributed by atoms with Crippen LogP contribution in [-0.4, -0.2) is 9.55 Å². The summed E-state index contributed by atoms with van der Waals surface area (Å²) in [4.78, 5) is 5.70. The van der Waals surface area contributed by atoms with Gasteiger partial charge >= 0.3 is 0 Å². The van der Waals surface area contributed by atoms with E-state index in [0.29, 0.717) is 0 Å². The Balaban J connectivity index is 1.33. The lowest BCUT2D eigenvalue weighted by Crippen LogP contribution is -2.04. The van der Waals surface area contributed by atoms with Crippen molar-refractivity contribution in [2.24, 2.45) is 0 Å². The first-order valence-electron chi connectivity index (χ1n) is 17.7. The molecule has 11 aromatic rings. The van der Waals surface area contributed by atoms with Gasteiger partial charge in [-0.1, -0.05) is 164 Å². The molecule has 0 amide bonds. The number of hydrogen-bond donors (Lipinski definition) is 0. The summed E-state index contributed by atoms with van der Waals surface area (Å²) in [7, 11) is 0. The van der Waals surface area contributed by atoms with E-state index in [1.165, 1.54) is 69.1 Å². The molecule has 0 radical (unpaired) electrons. The number of pyridine rings is 1. The Hall–Kier alpha value is -6.55. The van der Waals surface area contributed by atoms with Crippen molar-refractivity contribution in [2.45, 2.75) is 0 Å². The van der Waals surface area contributed by atoms with Crippen LogP contribution in [-0.2, 0) is 0 Å². The van der Waals surface area contributed by atoms with Crippen molar-refractivity contribution >= 4 is 91.7 Å². The van der Waals surface area contributed by atoms with Crippen LogP contribution < -0.4 is 0 Å². The molecule has 52 heavy (non-hydrogen) atoms. The van der Waals surface area contributed by atoms with E-state index in [1.54, 1.807) is 0 Å². The largest absolute Gasteiger partial charge is 0.293 e. The minimum absolute atomic E-state index is 0.887. The van der Waals surface area contributed by atoms with Crippen LogP contribution in [0.15, 0.2) is 170 Å². The predicted octanol–water partition coefficient (Wildman–Crippen LogP) is 14.0. The fourth-order valence-electron chi connectivity index (χ4n) is 8.47. The first kappa shape index (κ1) is 29.2. The summed E-state index contributed by atoms with van der Waals surface area (Å²) in [6.45, 7) is 4.40. The van der Waals surface area contributed by atoms with Gasteiger partial charge in [0.1, 0.15) is 5.82 Å². The van der Waals surface area contributed by atoms with Gasteiger partial charge in [-0.25, -0.2) is 4.98 Å². The molecule has 0 aliphatic carbocycles. The highest BCUT2D eigenvalue weighted by atomic mass is 32.1. The third-order valence-corrected chi connectivity index (χ3v) is 11.9. The number of fused-ring (bicyclic) bond motifs is 13. The minimum atomic E-state index is 0.887. The van der Waals surface area contributed by atoms with E-state index < -0.39 is 0 Å². The first-order chi connectivity index (χ1) is 25.8. The topological polar surface area (TPSA) is 17.8 Å². The fourth-order valence-corrected chi connectivity index (χ4v) is 9.73. The molecular formula is C49H30N2S. The smallest absolute Gasteiger partial charge is 0.146 e. The molecule has 0 bridgehead atoms. The Bertz CT molecular complexity index is 3240. The van der Waals surface area contributed by atoms with Crippen LogP contribution in [0, 0.1) is 0 Å². The summed E-state index contributed by atoms with van der Waals surface area (Å²) < 4.78 is 5.03. The van der Waals surface area contributed by atoms with Crippen LogP contribution in [0.4, 0.5) is 0 Å². The highest BCUT2D eigenvalue weighted by Gasteiger charge is 2.25. The van der Waals surface area contributed by atoms with E-state index >= 15 is 0 Å². The number of aromatic nitrogens is 2. The predicted molar refractivity (Wildman–Crippen MR) is 225 cm³/mol. The van der Waals surface area contributed by atoms with E-state index in [-0.39, 0.29) is 0 Å². The fraction of sp³-hybridized carbons (Fsp3) is 0. The summed E-state index contributed by atoms with van der Waals surface area (Å²) in [6.07, 6.45) is 1.99. The van der Waals surface area contributed by atoms with E-state index in [2.05, 4.69) is 175 Å². The lowest BCUT2D eigenvalue weighted by molar-refractivity contribution is 1.09. The second-order valence-corrected chi connectivity index (χ2v) is 14.5. The Kier molecular flexibility index (Phi) is 6.31. The van der Waals surface area contributed by atoms with Gasteiger partial charge in [-0.15, -0.1) is 11.3 Å². The molecule has 2 nitrogen and oxygen atoms in total. The number of para-hydroxylation sites is 1. The Morgan fingerprint density at radius 1 is 0.481 bits per heavy atom. The van der Waals surface area contributed by atoms with Crippen LogP contribution in [0.5, 0.6) is 0 Å². The van der Waals surface area contributed by atoms with Gasteiger partial charge < -0.3 is 0 Å². The normalized spacial score (nSPS) is 11.9. The highest BCUT2D eigenvalue weighted by molar-refractivity contribution is 7.27. The number of nitrogens with zero attached hydrogens (tertiary/aromatic N) is 2. The van der Waals surface area contributed by atoms with Gasteiger partial charge in [0.05, 0.1) is 16.7 Å². The molecule has 0 fully saturated rings. The molecule has 0 spiro atoms. The number of rotatable bonds is 4.